The van der Waals surface area contributed by atoms with Gasteiger partial charge in [0.15, 0.2) is 5.96 Å². The van der Waals surface area contributed by atoms with Crippen LogP contribution in [0, 0.1) is 13.8 Å². The molecule has 0 saturated carbocycles. The number of nitrogens with one attached hydrogen (secondary N) is 1. The molecule has 1 aliphatic heterocycles. The van der Waals surface area contributed by atoms with E-state index in [2.05, 4.69) is 15.5 Å². The Bertz CT molecular complexity index is 844. The molecule has 1 aromatic carbocycles. The fourth-order valence-electron chi connectivity index (χ4n) is 3.45. The van der Waals surface area contributed by atoms with Crippen molar-refractivity contribution in [2.24, 2.45) is 4.99 Å². The minimum atomic E-state index is -4.37. The number of alkyl halides is 3. The van der Waals surface area contributed by atoms with Crippen LogP contribution in [-0.4, -0.2) is 49.3 Å². The Morgan fingerprint density at radius 1 is 1.34 bits per heavy atom. The second kappa shape index (κ2) is 8.86. The molecule has 1 saturated heterocycles. The van der Waals surface area contributed by atoms with Gasteiger partial charge in [0, 0.05) is 25.7 Å². The zero-order chi connectivity index (χ0) is 21.0. The predicted molar refractivity (Wildman–Crippen MR) is 103 cm³/mol. The topological polar surface area (TPSA) is 62.9 Å². The van der Waals surface area contributed by atoms with Gasteiger partial charge in [-0.2, -0.15) is 13.2 Å². The minimum Gasteiger partial charge on any atom is -0.370 e. The summed E-state index contributed by atoms with van der Waals surface area (Å²) in [7, 11) is 1.69. The molecular formula is C20H25F3N4O2. The Hall–Kier alpha value is -2.55. The molecule has 1 aromatic heterocycles. The molecule has 158 valence electrons. The largest absolute Gasteiger partial charge is 0.416 e. The minimum absolute atomic E-state index is 0.408. The molecule has 3 rings (SSSR count). The summed E-state index contributed by atoms with van der Waals surface area (Å²) in [6, 6.07) is 5.30. The van der Waals surface area contributed by atoms with Gasteiger partial charge in [0.05, 0.1) is 24.4 Å². The Labute approximate surface area is 167 Å². The second-order valence-corrected chi connectivity index (χ2v) is 6.96. The first-order valence-electron chi connectivity index (χ1n) is 9.45. The van der Waals surface area contributed by atoms with Crippen LogP contribution in [-0.2, 0) is 17.3 Å². The molecule has 29 heavy (non-hydrogen) atoms. The summed E-state index contributed by atoms with van der Waals surface area (Å²) in [5.74, 6) is 1.49. The lowest BCUT2D eigenvalue weighted by Gasteiger charge is -2.35. The van der Waals surface area contributed by atoms with E-state index < -0.39 is 17.8 Å². The number of ether oxygens (including phenoxy) is 1. The zero-order valence-electron chi connectivity index (χ0n) is 16.7. The fraction of sp³-hybridized carbons (Fsp3) is 0.500. The third kappa shape index (κ3) is 5.09. The first kappa shape index (κ1) is 21.2. The third-order valence-electron chi connectivity index (χ3n) is 5.00. The maximum Gasteiger partial charge on any atom is 0.416 e. The van der Waals surface area contributed by atoms with E-state index in [9.17, 15) is 13.2 Å². The van der Waals surface area contributed by atoms with E-state index in [1.54, 1.807) is 13.1 Å². The maximum absolute atomic E-state index is 13.0. The van der Waals surface area contributed by atoms with Crippen LogP contribution in [0.1, 0.15) is 34.2 Å². The van der Waals surface area contributed by atoms with E-state index in [1.807, 2.05) is 18.7 Å². The number of aliphatic imine (C=N–C) groups is 1. The summed E-state index contributed by atoms with van der Waals surface area (Å²) in [5.41, 5.74) is 1.78. The lowest BCUT2D eigenvalue weighted by molar-refractivity contribution is -0.137. The highest BCUT2D eigenvalue weighted by Gasteiger charge is 2.32. The van der Waals surface area contributed by atoms with Crippen molar-refractivity contribution in [1.29, 1.82) is 0 Å². The van der Waals surface area contributed by atoms with Crippen LogP contribution in [0.2, 0.25) is 0 Å². The van der Waals surface area contributed by atoms with Crippen molar-refractivity contribution < 1.29 is 22.4 Å². The average molecular weight is 410 g/mol. The van der Waals surface area contributed by atoms with Gasteiger partial charge < -0.3 is 19.5 Å². The number of guanidine groups is 1. The maximum atomic E-state index is 13.0. The Balaban J connectivity index is 1.63. The molecule has 9 heteroatoms. The van der Waals surface area contributed by atoms with Gasteiger partial charge in [-0.15, -0.1) is 0 Å². The SMILES string of the molecule is CN=C(NCCc1c(C)noc1C)N1CCOC(c2cccc(C(F)(F)F)c2)C1. The van der Waals surface area contributed by atoms with E-state index in [0.29, 0.717) is 37.8 Å². The van der Waals surface area contributed by atoms with Crippen LogP contribution >= 0.6 is 0 Å². The standard InChI is InChI=1S/C20H25F3N4O2/c1-13-17(14(2)29-26-13)7-8-25-19(24-3)27-9-10-28-18(12-27)15-5-4-6-16(11-15)20(21,22)23/h4-6,11,18H,7-10,12H2,1-3H3,(H,24,25). The van der Waals surface area contributed by atoms with E-state index in [4.69, 9.17) is 9.26 Å². The predicted octanol–water partition coefficient (Wildman–Crippen LogP) is 3.50. The Morgan fingerprint density at radius 3 is 2.79 bits per heavy atom. The fourth-order valence-corrected chi connectivity index (χ4v) is 3.45. The van der Waals surface area contributed by atoms with Crippen LogP contribution in [0.5, 0.6) is 0 Å². The summed E-state index contributed by atoms with van der Waals surface area (Å²) in [6.07, 6.45) is -4.09. The highest BCUT2D eigenvalue weighted by atomic mass is 19.4. The van der Waals surface area contributed by atoms with Crippen molar-refractivity contribution >= 4 is 5.96 Å². The van der Waals surface area contributed by atoms with Crippen molar-refractivity contribution in [3.8, 4) is 0 Å². The van der Waals surface area contributed by atoms with E-state index in [-0.39, 0.29) is 0 Å². The average Bonchev–Trinajstić information content (AvgIpc) is 3.03. The Kier molecular flexibility index (Phi) is 6.46. The van der Waals surface area contributed by atoms with Gasteiger partial charge >= 0.3 is 6.18 Å². The second-order valence-electron chi connectivity index (χ2n) is 6.96. The molecule has 1 aliphatic rings. The molecule has 0 radical (unpaired) electrons. The first-order chi connectivity index (χ1) is 13.8. The van der Waals surface area contributed by atoms with Gasteiger partial charge in [0.25, 0.3) is 0 Å². The highest BCUT2D eigenvalue weighted by Crippen LogP contribution is 2.32. The molecular weight excluding hydrogens is 385 g/mol. The van der Waals surface area contributed by atoms with Gasteiger partial charge in [0.2, 0.25) is 0 Å². The van der Waals surface area contributed by atoms with Crippen LogP contribution in [0.15, 0.2) is 33.8 Å². The smallest absolute Gasteiger partial charge is 0.370 e. The molecule has 1 atom stereocenters. The van der Waals surface area contributed by atoms with E-state index in [1.165, 1.54) is 6.07 Å². The van der Waals surface area contributed by atoms with E-state index in [0.717, 1.165) is 35.6 Å². The van der Waals surface area contributed by atoms with Gasteiger partial charge in [-0.3, -0.25) is 4.99 Å². The lowest BCUT2D eigenvalue weighted by Crippen LogP contribution is -2.48. The third-order valence-corrected chi connectivity index (χ3v) is 5.00. The molecule has 1 unspecified atom stereocenters. The molecule has 2 aromatic rings. The number of hydrogen-bond acceptors (Lipinski definition) is 4. The number of morpholine rings is 1. The number of rotatable bonds is 4. The van der Waals surface area contributed by atoms with Gasteiger partial charge in [0.1, 0.15) is 11.9 Å². The van der Waals surface area contributed by atoms with Gasteiger partial charge in [-0.1, -0.05) is 17.3 Å². The summed E-state index contributed by atoms with van der Waals surface area (Å²) in [6.45, 7) is 5.87. The van der Waals surface area contributed by atoms with Crippen molar-refractivity contribution in [2.75, 3.05) is 33.3 Å². The molecule has 1 fully saturated rings. The Morgan fingerprint density at radius 2 is 2.14 bits per heavy atom. The molecule has 2 heterocycles. The van der Waals surface area contributed by atoms with Crippen LogP contribution in [0.3, 0.4) is 0 Å². The van der Waals surface area contributed by atoms with Gasteiger partial charge in [-0.05, 0) is 38.0 Å². The number of halogens is 3. The van der Waals surface area contributed by atoms with Crippen molar-refractivity contribution in [3.05, 3.63) is 52.4 Å². The number of aromatic nitrogens is 1. The van der Waals surface area contributed by atoms with Crippen LogP contribution in [0.25, 0.3) is 0 Å². The molecule has 6 nitrogen and oxygen atoms in total. The molecule has 0 bridgehead atoms. The molecule has 0 spiro atoms. The normalized spacial score (nSPS) is 18.2. The lowest BCUT2D eigenvalue weighted by atomic mass is 10.0. The number of nitrogens with zero attached hydrogens (tertiary/aromatic N) is 3. The first-order valence-corrected chi connectivity index (χ1v) is 9.45. The highest BCUT2D eigenvalue weighted by molar-refractivity contribution is 5.80. The van der Waals surface area contributed by atoms with E-state index >= 15 is 0 Å². The summed E-state index contributed by atoms with van der Waals surface area (Å²) >= 11 is 0. The number of benzene rings is 1. The monoisotopic (exact) mass is 410 g/mol. The molecule has 0 aliphatic carbocycles. The van der Waals surface area contributed by atoms with Crippen molar-refractivity contribution in [2.45, 2.75) is 32.5 Å². The van der Waals surface area contributed by atoms with Crippen molar-refractivity contribution in [3.63, 3.8) is 0 Å². The summed E-state index contributed by atoms with van der Waals surface area (Å²) < 4.78 is 50.0. The van der Waals surface area contributed by atoms with Crippen LogP contribution in [0.4, 0.5) is 13.2 Å². The molecule has 0 amide bonds. The zero-order valence-corrected chi connectivity index (χ0v) is 16.7. The quantitative estimate of drug-likeness (QED) is 0.618. The number of aryl methyl sites for hydroxylation is 2. The van der Waals surface area contributed by atoms with Gasteiger partial charge in [-0.25, -0.2) is 0 Å². The molecule has 1 N–H and O–H groups in total. The number of hydrogen-bond donors (Lipinski definition) is 1. The van der Waals surface area contributed by atoms with Crippen molar-refractivity contribution in [1.82, 2.24) is 15.4 Å². The summed E-state index contributed by atoms with van der Waals surface area (Å²) in [5, 5.41) is 7.26. The van der Waals surface area contributed by atoms with Crippen LogP contribution < -0.4 is 5.32 Å². The summed E-state index contributed by atoms with van der Waals surface area (Å²) in [4.78, 5) is 6.32.